The van der Waals surface area contributed by atoms with Gasteiger partial charge in [0.2, 0.25) is 5.88 Å². The van der Waals surface area contributed by atoms with Gasteiger partial charge in [0.1, 0.15) is 24.7 Å². The van der Waals surface area contributed by atoms with Crippen LogP contribution in [0.5, 0.6) is 23.1 Å². The smallest absolute Gasteiger partial charge is 0.219 e. The fraction of sp³-hybridized carbons (Fsp3) is 0.300. The van der Waals surface area contributed by atoms with Gasteiger partial charge in [0, 0.05) is 24.8 Å². The first kappa shape index (κ1) is 17.0. The number of aromatic nitrogens is 1. The van der Waals surface area contributed by atoms with Crippen molar-refractivity contribution in [3.63, 3.8) is 0 Å². The second-order valence-electron chi connectivity index (χ2n) is 6.08. The molecule has 1 aromatic heterocycles. The minimum atomic E-state index is 0.193. The zero-order valence-corrected chi connectivity index (χ0v) is 14.4. The number of rotatable bonds is 6. The molecule has 0 bridgehead atoms. The summed E-state index contributed by atoms with van der Waals surface area (Å²) in [7, 11) is 0. The SMILES string of the molecule is CC(=O)C[C@@H](C)/C=C/c1ccc(Oc2ccc3c(c2)OCCO3)nc1. The number of ketones is 1. The molecule has 2 heterocycles. The molecule has 25 heavy (non-hydrogen) atoms. The number of nitrogens with zero attached hydrogens (tertiary/aromatic N) is 1. The van der Waals surface area contributed by atoms with E-state index in [4.69, 9.17) is 14.2 Å². The minimum Gasteiger partial charge on any atom is -0.486 e. The lowest BCUT2D eigenvalue weighted by Crippen LogP contribution is -2.15. The third-order valence-corrected chi connectivity index (χ3v) is 3.72. The number of carbonyl (C=O) groups is 1. The molecule has 1 aliphatic heterocycles. The molecule has 5 heteroatoms. The topological polar surface area (TPSA) is 57.7 Å². The Morgan fingerprint density at radius 1 is 1.24 bits per heavy atom. The van der Waals surface area contributed by atoms with E-state index in [0.29, 0.717) is 37.0 Å². The highest BCUT2D eigenvalue weighted by molar-refractivity contribution is 5.76. The first-order valence-corrected chi connectivity index (χ1v) is 8.31. The molecular formula is C20H21NO4. The lowest BCUT2D eigenvalue weighted by atomic mass is 10.0. The molecule has 0 saturated heterocycles. The van der Waals surface area contributed by atoms with Gasteiger partial charge in [0.15, 0.2) is 11.5 Å². The van der Waals surface area contributed by atoms with Crippen molar-refractivity contribution in [1.29, 1.82) is 0 Å². The molecule has 0 radical (unpaired) electrons. The fourth-order valence-corrected chi connectivity index (χ4v) is 2.56. The van der Waals surface area contributed by atoms with Crippen LogP contribution in [-0.4, -0.2) is 24.0 Å². The Hall–Kier alpha value is -2.82. The average molecular weight is 339 g/mol. The van der Waals surface area contributed by atoms with Crippen LogP contribution in [0.25, 0.3) is 6.08 Å². The van der Waals surface area contributed by atoms with Crippen molar-refractivity contribution in [2.75, 3.05) is 13.2 Å². The van der Waals surface area contributed by atoms with Gasteiger partial charge < -0.3 is 19.0 Å². The van der Waals surface area contributed by atoms with Gasteiger partial charge in [-0.2, -0.15) is 0 Å². The molecule has 1 aromatic carbocycles. The highest BCUT2D eigenvalue weighted by Crippen LogP contribution is 2.34. The molecule has 0 unspecified atom stereocenters. The lowest BCUT2D eigenvalue weighted by Gasteiger charge is -2.18. The predicted octanol–water partition coefficient (Wildman–Crippen LogP) is 4.27. The normalized spacial score (nSPS) is 14.3. The van der Waals surface area contributed by atoms with Crippen LogP contribution in [0.4, 0.5) is 0 Å². The van der Waals surface area contributed by atoms with Crippen molar-refractivity contribution in [2.45, 2.75) is 20.3 Å². The Kier molecular flexibility index (Phi) is 5.33. The van der Waals surface area contributed by atoms with Crippen LogP contribution in [0.2, 0.25) is 0 Å². The van der Waals surface area contributed by atoms with E-state index in [0.717, 1.165) is 11.3 Å². The van der Waals surface area contributed by atoms with Crippen LogP contribution in [0.1, 0.15) is 25.8 Å². The van der Waals surface area contributed by atoms with Gasteiger partial charge in [-0.25, -0.2) is 4.98 Å². The second kappa shape index (κ2) is 7.83. The van der Waals surface area contributed by atoms with Gasteiger partial charge >= 0.3 is 0 Å². The van der Waals surface area contributed by atoms with Crippen LogP contribution in [0.3, 0.4) is 0 Å². The number of allylic oxidation sites excluding steroid dienone is 1. The molecular weight excluding hydrogens is 318 g/mol. The highest BCUT2D eigenvalue weighted by Gasteiger charge is 2.12. The number of pyridine rings is 1. The molecule has 1 aliphatic rings. The van der Waals surface area contributed by atoms with E-state index >= 15 is 0 Å². The number of carbonyl (C=O) groups excluding carboxylic acids is 1. The van der Waals surface area contributed by atoms with Crippen LogP contribution in [0, 0.1) is 5.92 Å². The quantitative estimate of drug-likeness (QED) is 0.786. The number of ether oxygens (including phenoxy) is 3. The van der Waals surface area contributed by atoms with Gasteiger partial charge in [0.25, 0.3) is 0 Å². The van der Waals surface area contributed by atoms with Crippen molar-refractivity contribution in [3.05, 3.63) is 48.2 Å². The van der Waals surface area contributed by atoms with Gasteiger partial charge in [-0.3, -0.25) is 0 Å². The van der Waals surface area contributed by atoms with Crippen molar-refractivity contribution in [3.8, 4) is 23.1 Å². The van der Waals surface area contributed by atoms with Crippen LogP contribution < -0.4 is 14.2 Å². The van der Waals surface area contributed by atoms with E-state index in [9.17, 15) is 4.79 Å². The largest absolute Gasteiger partial charge is 0.486 e. The summed E-state index contributed by atoms with van der Waals surface area (Å²) in [5, 5.41) is 0. The van der Waals surface area contributed by atoms with Crippen molar-refractivity contribution < 1.29 is 19.0 Å². The summed E-state index contributed by atoms with van der Waals surface area (Å²) < 4.78 is 16.8. The first-order valence-electron chi connectivity index (χ1n) is 8.31. The maximum atomic E-state index is 11.1. The Labute approximate surface area is 147 Å². The molecule has 2 aromatic rings. The van der Waals surface area contributed by atoms with E-state index in [1.165, 1.54) is 0 Å². The van der Waals surface area contributed by atoms with Crippen molar-refractivity contribution >= 4 is 11.9 Å². The van der Waals surface area contributed by atoms with Crippen LogP contribution >= 0.6 is 0 Å². The number of Topliss-reactive ketones (excluding diaryl/α,β-unsaturated/α-hetero) is 1. The summed E-state index contributed by atoms with van der Waals surface area (Å²) in [6.45, 7) is 4.73. The molecule has 0 amide bonds. The van der Waals surface area contributed by atoms with Crippen LogP contribution in [0.15, 0.2) is 42.6 Å². The maximum absolute atomic E-state index is 11.1. The van der Waals surface area contributed by atoms with Gasteiger partial charge in [-0.05, 0) is 36.6 Å². The molecule has 5 nitrogen and oxygen atoms in total. The van der Waals surface area contributed by atoms with E-state index < -0.39 is 0 Å². The summed E-state index contributed by atoms with van der Waals surface area (Å²) in [6, 6.07) is 9.20. The van der Waals surface area contributed by atoms with Gasteiger partial charge in [-0.1, -0.05) is 19.1 Å². The first-order chi connectivity index (χ1) is 12.1. The van der Waals surface area contributed by atoms with E-state index in [1.807, 2.05) is 43.3 Å². The number of hydrogen-bond donors (Lipinski definition) is 0. The summed E-state index contributed by atoms with van der Waals surface area (Å²) in [5.41, 5.74) is 0.963. The lowest BCUT2D eigenvalue weighted by molar-refractivity contribution is -0.117. The molecule has 1 atom stereocenters. The third kappa shape index (κ3) is 4.83. The molecule has 0 fully saturated rings. The molecule has 0 saturated carbocycles. The van der Waals surface area contributed by atoms with Crippen LogP contribution in [-0.2, 0) is 4.79 Å². The number of benzene rings is 1. The number of fused-ring (bicyclic) bond motifs is 1. The average Bonchev–Trinajstić information content (AvgIpc) is 2.60. The molecule has 3 rings (SSSR count). The van der Waals surface area contributed by atoms with Gasteiger partial charge in [-0.15, -0.1) is 0 Å². The van der Waals surface area contributed by atoms with Gasteiger partial charge in [0.05, 0.1) is 0 Å². The Balaban J connectivity index is 1.63. The second-order valence-corrected chi connectivity index (χ2v) is 6.08. The predicted molar refractivity (Wildman–Crippen MR) is 95.2 cm³/mol. The third-order valence-electron chi connectivity index (χ3n) is 3.72. The van der Waals surface area contributed by atoms with Crippen molar-refractivity contribution in [1.82, 2.24) is 4.98 Å². The zero-order chi connectivity index (χ0) is 17.6. The zero-order valence-electron chi connectivity index (χ0n) is 14.4. The Morgan fingerprint density at radius 2 is 2.04 bits per heavy atom. The molecule has 0 spiro atoms. The molecule has 0 aliphatic carbocycles. The summed E-state index contributed by atoms with van der Waals surface area (Å²) >= 11 is 0. The fourth-order valence-electron chi connectivity index (χ4n) is 2.56. The standard InChI is InChI=1S/C20H21NO4/c1-14(11-15(2)22)3-4-16-5-8-20(21-13-16)25-17-6-7-18-19(12-17)24-10-9-23-18/h3-8,12-14H,9-11H2,1-2H3/b4-3+/t14-/m0/s1. The Bertz CT molecular complexity index is 768. The number of hydrogen-bond acceptors (Lipinski definition) is 5. The molecule has 0 N–H and O–H groups in total. The summed E-state index contributed by atoms with van der Waals surface area (Å²) in [4.78, 5) is 15.4. The highest BCUT2D eigenvalue weighted by atomic mass is 16.6. The maximum Gasteiger partial charge on any atom is 0.219 e. The van der Waals surface area contributed by atoms with E-state index in [2.05, 4.69) is 4.98 Å². The summed E-state index contributed by atoms with van der Waals surface area (Å²) in [6.07, 6.45) is 6.27. The van der Waals surface area contributed by atoms with E-state index in [-0.39, 0.29) is 11.7 Å². The minimum absolute atomic E-state index is 0.193. The Morgan fingerprint density at radius 3 is 2.76 bits per heavy atom. The van der Waals surface area contributed by atoms with Crippen molar-refractivity contribution in [2.24, 2.45) is 5.92 Å². The summed E-state index contributed by atoms with van der Waals surface area (Å²) in [5.74, 6) is 2.97. The molecule has 130 valence electrons. The van der Waals surface area contributed by atoms with E-state index in [1.54, 1.807) is 19.2 Å². The monoisotopic (exact) mass is 339 g/mol.